The molecule has 0 amide bonds. The smallest absolute Gasteiger partial charge is 0.0461 e. The van der Waals surface area contributed by atoms with Crippen LogP contribution in [-0.2, 0) is 5.54 Å². The average molecular weight is 377 g/mol. The van der Waals surface area contributed by atoms with Crippen molar-refractivity contribution < 1.29 is 0 Å². The van der Waals surface area contributed by atoms with Gasteiger partial charge < -0.3 is 4.90 Å². The molecule has 0 atom stereocenters. The quantitative estimate of drug-likeness (QED) is 0.606. The summed E-state index contributed by atoms with van der Waals surface area (Å²) < 4.78 is 0. The highest BCUT2D eigenvalue weighted by Crippen LogP contribution is 2.44. The molecule has 1 saturated heterocycles. The second kappa shape index (κ2) is 9.08. The highest BCUT2D eigenvalue weighted by molar-refractivity contribution is 6.30. The normalized spacial score (nSPS) is 28.6. The van der Waals surface area contributed by atoms with Gasteiger partial charge in [0, 0.05) is 16.6 Å². The van der Waals surface area contributed by atoms with Crippen molar-refractivity contribution in [3.8, 4) is 0 Å². The zero-order chi connectivity index (χ0) is 18.6. The summed E-state index contributed by atoms with van der Waals surface area (Å²) in [5, 5.41) is 0.843. The summed E-state index contributed by atoms with van der Waals surface area (Å²) in [7, 11) is 0. The van der Waals surface area contributed by atoms with E-state index >= 15 is 0 Å². The summed E-state index contributed by atoms with van der Waals surface area (Å²) in [5.74, 6) is 0.971. The summed E-state index contributed by atoms with van der Waals surface area (Å²) in [6.45, 7) is 11.8. The maximum absolute atomic E-state index is 6.17. The molecule has 3 heteroatoms. The second-order valence-corrected chi connectivity index (χ2v) is 8.77. The Labute approximate surface area is 165 Å². The molecular formula is C23H37ClN2. The molecule has 1 aromatic rings. The maximum atomic E-state index is 6.17. The van der Waals surface area contributed by atoms with Crippen LogP contribution in [0.2, 0.25) is 5.02 Å². The van der Waals surface area contributed by atoms with Gasteiger partial charge in [0.05, 0.1) is 0 Å². The molecule has 2 aliphatic rings. The van der Waals surface area contributed by atoms with Crippen LogP contribution in [0, 0.1) is 5.92 Å². The summed E-state index contributed by atoms with van der Waals surface area (Å²) in [6, 6.07) is 9.48. The first kappa shape index (κ1) is 20.2. The van der Waals surface area contributed by atoms with Crippen molar-refractivity contribution in [1.29, 1.82) is 0 Å². The Morgan fingerprint density at radius 3 is 2.04 bits per heavy atom. The maximum Gasteiger partial charge on any atom is 0.0461 e. The molecule has 1 aliphatic carbocycles. The third kappa shape index (κ3) is 4.13. The number of benzene rings is 1. The molecule has 2 nitrogen and oxygen atoms in total. The highest BCUT2D eigenvalue weighted by atomic mass is 35.5. The van der Waals surface area contributed by atoms with Gasteiger partial charge in [-0.3, -0.25) is 4.90 Å². The SMILES string of the molecule is CCC1CCN(C2CCC(c3ccc(Cl)cc3)(N(CC)CC)CC2)CC1. The van der Waals surface area contributed by atoms with Crippen LogP contribution in [0.25, 0.3) is 0 Å². The van der Waals surface area contributed by atoms with Crippen molar-refractivity contribution in [3.05, 3.63) is 34.9 Å². The Balaban J connectivity index is 1.72. The average Bonchev–Trinajstić information content (AvgIpc) is 2.70. The number of rotatable bonds is 6. The van der Waals surface area contributed by atoms with E-state index in [1.165, 1.54) is 63.6 Å². The molecule has 1 aromatic carbocycles. The van der Waals surface area contributed by atoms with Crippen LogP contribution in [0.5, 0.6) is 0 Å². The minimum atomic E-state index is 0.201. The van der Waals surface area contributed by atoms with E-state index in [1.54, 1.807) is 0 Å². The van der Waals surface area contributed by atoms with Crippen LogP contribution < -0.4 is 0 Å². The van der Waals surface area contributed by atoms with Crippen LogP contribution >= 0.6 is 11.6 Å². The van der Waals surface area contributed by atoms with E-state index in [1.807, 2.05) is 0 Å². The topological polar surface area (TPSA) is 6.48 Å². The van der Waals surface area contributed by atoms with Gasteiger partial charge in [-0.2, -0.15) is 0 Å². The minimum absolute atomic E-state index is 0.201. The van der Waals surface area contributed by atoms with Crippen LogP contribution in [-0.4, -0.2) is 42.0 Å². The van der Waals surface area contributed by atoms with Crippen LogP contribution in [0.1, 0.15) is 71.3 Å². The predicted molar refractivity (Wildman–Crippen MR) is 113 cm³/mol. The molecule has 0 radical (unpaired) electrons. The summed E-state index contributed by atoms with van der Waals surface area (Å²) in [4.78, 5) is 5.50. The van der Waals surface area contributed by atoms with Gasteiger partial charge in [0.15, 0.2) is 0 Å². The van der Waals surface area contributed by atoms with Gasteiger partial charge in [0.2, 0.25) is 0 Å². The van der Waals surface area contributed by atoms with E-state index in [0.717, 1.165) is 30.1 Å². The molecule has 1 heterocycles. The molecule has 2 fully saturated rings. The van der Waals surface area contributed by atoms with Crippen molar-refractivity contribution >= 4 is 11.6 Å². The fourth-order valence-corrected chi connectivity index (χ4v) is 5.67. The fraction of sp³-hybridized carbons (Fsp3) is 0.739. The zero-order valence-electron chi connectivity index (χ0n) is 17.0. The van der Waals surface area contributed by atoms with Gasteiger partial charge in [-0.05, 0) is 88.3 Å². The monoisotopic (exact) mass is 376 g/mol. The van der Waals surface area contributed by atoms with Gasteiger partial charge in [-0.1, -0.05) is 50.9 Å². The molecule has 0 unspecified atom stereocenters. The van der Waals surface area contributed by atoms with E-state index in [2.05, 4.69) is 54.8 Å². The molecular weight excluding hydrogens is 340 g/mol. The molecule has 26 heavy (non-hydrogen) atoms. The van der Waals surface area contributed by atoms with Gasteiger partial charge in [-0.25, -0.2) is 0 Å². The number of likely N-dealkylation sites (tertiary alicyclic amines) is 1. The van der Waals surface area contributed by atoms with Gasteiger partial charge in [-0.15, -0.1) is 0 Å². The van der Waals surface area contributed by atoms with Gasteiger partial charge in [0.1, 0.15) is 0 Å². The molecule has 0 N–H and O–H groups in total. The van der Waals surface area contributed by atoms with E-state index in [4.69, 9.17) is 11.6 Å². The summed E-state index contributed by atoms with van der Waals surface area (Å²) in [6.07, 6.45) is 9.38. The zero-order valence-corrected chi connectivity index (χ0v) is 17.8. The third-order valence-electron chi connectivity index (χ3n) is 7.28. The van der Waals surface area contributed by atoms with Crippen molar-refractivity contribution in [1.82, 2.24) is 9.80 Å². The van der Waals surface area contributed by atoms with Gasteiger partial charge in [0.25, 0.3) is 0 Å². The minimum Gasteiger partial charge on any atom is -0.300 e. The first-order valence-electron chi connectivity index (χ1n) is 10.9. The Morgan fingerprint density at radius 2 is 1.54 bits per heavy atom. The lowest BCUT2D eigenvalue weighted by molar-refractivity contribution is 0.0139. The van der Waals surface area contributed by atoms with Crippen molar-refractivity contribution in [2.45, 2.75) is 77.3 Å². The number of piperidine rings is 1. The number of hydrogen-bond donors (Lipinski definition) is 0. The summed E-state index contributed by atoms with van der Waals surface area (Å²) >= 11 is 6.17. The largest absolute Gasteiger partial charge is 0.300 e. The molecule has 1 aliphatic heterocycles. The predicted octanol–water partition coefficient (Wildman–Crippen LogP) is 5.94. The molecule has 146 valence electrons. The molecule has 0 bridgehead atoms. The number of nitrogens with zero attached hydrogens (tertiary/aromatic N) is 2. The number of halogens is 1. The standard InChI is InChI=1S/C23H37ClN2/c1-4-19-13-17-25(18-14-19)22-11-15-23(16-12-22,26(5-2)6-3)20-7-9-21(24)10-8-20/h7-10,19,22H,4-6,11-18H2,1-3H3. The van der Waals surface area contributed by atoms with E-state index in [-0.39, 0.29) is 5.54 Å². The van der Waals surface area contributed by atoms with Crippen molar-refractivity contribution in [3.63, 3.8) is 0 Å². The van der Waals surface area contributed by atoms with Crippen molar-refractivity contribution in [2.24, 2.45) is 5.92 Å². The third-order valence-corrected chi connectivity index (χ3v) is 7.53. The van der Waals surface area contributed by atoms with Crippen LogP contribution in [0.3, 0.4) is 0 Å². The Kier molecular flexibility index (Phi) is 7.05. The lowest BCUT2D eigenvalue weighted by Crippen LogP contribution is -2.52. The Hall–Kier alpha value is -0.570. The lowest BCUT2D eigenvalue weighted by atomic mass is 9.73. The summed E-state index contributed by atoms with van der Waals surface area (Å²) in [5.41, 5.74) is 1.67. The lowest BCUT2D eigenvalue weighted by Gasteiger charge is -2.50. The van der Waals surface area contributed by atoms with Gasteiger partial charge >= 0.3 is 0 Å². The van der Waals surface area contributed by atoms with E-state index in [9.17, 15) is 0 Å². The van der Waals surface area contributed by atoms with E-state index < -0.39 is 0 Å². The van der Waals surface area contributed by atoms with Crippen molar-refractivity contribution in [2.75, 3.05) is 26.2 Å². The second-order valence-electron chi connectivity index (χ2n) is 8.33. The highest BCUT2D eigenvalue weighted by Gasteiger charge is 2.42. The Bertz CT molecular complexity index is 536. The fourth-order valence-electron chi connectivity index (χ4n) is 5.55. The first-order chi connectivity index (χ1) is 12.6. The molecule has 0 aromatic heterocycles. The van der Waals surface area contributed by atoms with E-state index in [0.29, 0.717) is 0 Å². The molecule has 0 spiro atoms. The van der Waals surface area contributed by atoms with Crippen LogP contribution in [0.15, 0.2) is 24.3 Å². The first-order valence-corrected chi connectivity index (χ1v) is 11.3. The number of hydrogen-bond acceptors (Lipinski definition) is 2. The van der Waals surface area contributed by atoms with Crippen LogP contribution in [0.4, 0.5) is 0 Å². The molecule has 3 rings (SSSR count). The Morgan fingerprint density at radius 1 is 0.962 bits per heavy atom. The molecule has 1 saturated carbocycles.